The molecule has 0 radical (unpaired) electrons. The van der Waals surface area contributed by atoms with Crippen molar-refractivity contribution in [2.75, 3.05) is 40.5 Å². The topological polar surface area (TPSA) is 80.3 Å². The van der Waals surface area contributed by atoms with Crippen LogP contribution in [0, 0.1) is 0 Å². The largest absolute Gasteiger partial charge is 0.497 e. The average Bonchev–Trinajstić information content (AvgIpc) is 3.28. The molecule has 7 nitrogen and oxygen atoms in total. The monoisotopic (exact) mass is 406 g/mol. The van der Waals surface area contributed by atoms with Crippen LogP contribution >= 0.6 is 0 Å². The summed E-state index contributed by atoms with van der Waals surface area (Å²) in [6, 6.07) is 6.03. The molecule has 7 heteroatoms. The minimum atomic E-state index is -0.751. The standard InChI is InChI=1S/C22H34N2O5/c1-27-15-17(25)14-23-22(26)20-13-19(28-2)7-8-21(20)29-18-9-11-24(12-10-18)16-5-3-4-6-16/h7-8,13,16-18,25H,3-6,9-12,14-15H2,1-2H3,(H,23,26)/t17-/m1/s1. The highest BCUT2D eigenvalue weighted by atomic mass is 16.5. The minimum absolute atomic E-state index is 0.103. The number of likely N-dealkylation sites (tertiary alicyclic amines) is 1. The normalized spacial score (nSPS) is 19.8. The molecule has 1 aromatic rings. The predicted octanol–water partition coefficient (Wildman–Crippen LogP) is 2.22. The van der Waals surface area contributed by atoms with Gasteiger partial charge in [0.25, 0.3) is 5.91 Å². The van der Waals surface area contributed by atoms with Crippen LogP contribution in [0.5, 0.6) is 11.5 Å². The van der Waals surface area contributed by atoms with E-state index in [0.717, 1.165) is 32.0 Å². The molecule has 1 heterocycles. The first-order valence-electron chi connectivity index (χ1n) is 10.6. The fourth-order valence-electron chi connectivity index (χ4n) is 4.28. The second-order valence-electron chi connectivity index (χ2n) is 7.97. The Balaban J connectivity index is 1.60. The Labute approximate surface area is 173 Å². The summed E-state index contributed by atoms with van der Waals surface area (Å²) < 4.78 is 16.4. The van der Waals surface area contributed by atoms with Crippen LogP contribution in [0.15, 0.2) is 18.2 Å². The van der Waals surface area contributed by atoms with Crippen molar-refractivity contribution in [3.05, 3.63) is 23.8 Å². The van der Waals surface area contributed by atoms with Crippen LogP contribution < -0.4 is 14.8 Å². The van der Waals surface area contributed by atoms with E-state index in [1.807, 2.05) is 0 Å². The van der Waals surface area contributed by atoms with Crippen molar-refractivity contribution < 1.29 is 24.1 Å². The zero-order valence-corrected chi connectivity index (χ0v) is 17.6. The Bertz CT molecular complexity index is 655. The molecule has 3 rings (SSSR count). The van der Waals surface area contributed by atoms with Crippen molar-refractivity contribution in [1.82, 2.24) is 10.2 Å². The van der Waals surface area contributed by atoms with E-state index in [9.17, 15) is 9.90 Å². The molecule has 1 saturated carbocycles. The van der Waals surface area contributed by atoms with Gasteiger partial charge >= 0.3 is 0 Å². The number of aliphatic hydroxyl groups is 1. The molecule has 1 atom stereocenters. The van der Waals surface area contributed by atoms with Crippen LogP contribution in [0.2, 0.25) is 0 Å². The third kappa shape index (κ3) is 6.07. The van der Waals surface area contributed by atoms with E-state index in [-0.39, 0.29) is 25.2 Å². The lowest BCUT2D eigenvalue weighted by Gasteiger charge is -2.36. The maximum absolute atomic E-state index is 12.7. The van der Waals surface area contributed by atoms with E-state index in [0.29, 0.717) is 17.1 Å². The number of nitrogens with zero attached hydrogens (tertiary/aromatic N) is 1. The van der Waals surface area contributed by atoms with Crippen molar-refractivity contribution in [1.29, 1.82) is 0 Å². The van der Waals surface area contributed by atoms with E-state index in [2.05, 4.69) is 10.2 Å². The van der Waals surface area contributed by atoms with Gasteiger partial charge in [0.2, 0.25) is 0 Å². The molecule has 2 fully saturated rings. The van der Waals surface area contributed by atoms with Crippen molar-refractivity contribution in [2.45, 2.75) is 56.8 Å². The van der Waals surface area contributed by atoms with E-state index >= 15 is 0 Å². The number of methoxy groups -OCH3 is 2. The summed E-state index contributed by atoms with van der Waals surface area (Å²) >= 11 is 0. The molecule has 162 valence electrons. The zero-order chi connectivity index (χ0) is 20.6. The molecule has 1 aliphatic heterocycles. The molecule has 1 aromatic carbocycles. The summed E-state index contributed by atoms with van der Waals surface area (Å²) in [5.41, 5.74) is 0.423. The summed E-state index contributed by atoms with van der Waals surface area (Å²) in [4.78, 5) is 15.3. The molecule has 2 aliphatic rings. The molecule has 1 saturated heterocycles. The van der Waals surface area contributed by atoms with E-state index in [1.165, 1.54) is 32.8 Å². The second-order valence-corrected chi connectivity index (χ2v) is 7.97. The maximum Gasteiger partial charge on any atom is 0.255 e. The molecule has 1 aliphatic carbocycles. The Kier molecular flexibility index (Phi) is 8.15. The fourth-order valence-corrected chi connectivity index (χ4v) is 4.28. The summed E-state index contributed by atoms with van der Waals surface area (Å²) in [7, 11) is 3.08. The Morgan fingerprint density at radius 1 is 1.21 bits per heavy atom. The summed E-state index contributed by atoms with van der Waals surface area (Å²) in [6.07, 6.45) is 6.64. The first-order valence-corrected chi connectivity index (χ1v) is 10.6. The number of carbonyl (C=O) groups excluding carboxylic acids is 1. The van der Waals surface area contributed by atoms with Gasteiger partial charge in [-0.15, -0.1) is 0 Å². The Hall–Kier alpha value is -1.83. The number of amides is 1. The molecule has 0 unspecified atom stereocenters. The van der Waals surface area contributed by atoms with Crippen molar-refractivity contribution >= 4 is 5.91 Å². The molecule has 0 aromatic heterocycles. The minimum Gasteiger partial charge on any atom is -0.497 e. The molecule has 29 heavy (non-hydrogen) atoms. The number of carbonyl (C=O) groups is 1. The molecule has 0 bridgehead atoms. The van der Waals surface area contributed by atoms with Gasteiger partial charge in [0.15, 0.2) is 0 Å². The van der Waals surface area contributed by atoms with Gasteiger partial charge in [0.1, 0.15) is 17.6 Å². The van der Waals surface area contributed by atoms with Gasteiger partial charge in [-0.3, -0.25) is 4.79 Å². The lowest BCUT2D eigenvalue weighted by atomic mass is 10.0. The fraction of sp³-hybridized carbons (Fsp3) is 0.682. The van der Waals surface area contributed by atoms with Crippen molar-refractivity contribution in [3.8, 4) is 11.5 Å². The van der Waals surface area contributed by atoms with Crippen molar-refractivity contribution in [3.63, 3.8) is 0 Å². The summed E-state index contributed by atoms with van der Waals surface area (Å²) in [6.45, 7) is 2.39. The van der Waals surface area contributed by atoms with Crippen molar-refractivity contribution in [2.24, 2.45) is 0 Å². The first-order chi connectivity index (χ1) is 14.1. The van der Waals surface area contributed by atoms with Gasteiger partial charge < -0.3 is 29.5 Å². The highest BCUT2D eigenvalue weighted by Crippen LogP contribution is 2.30. The Morgan fingerprint density at radius 3 is 2.59 bits per heavy atom. The number of hydrogen-bond donors (Lipinski definition) is 2. The van der Waals surface area contributed by atoms with E-state index < -0.39 is 6.10 Å². The molecular weight excluding hydrogens is 372 g/mol. The molecule has 0 spiro atoms. The number of aliphatic hydroxyl groups excluding tert-OH is 1. The van der Waals surface area contributed by atoms with Crippen LogP contribution in [0.25, 0.3) is 0 Å². The van der Waals surface area contributed by atoms with E-state index in [4.69, 9.17) is 14.2 Å². The number of nitrogens with one attached hydrogen (secondary N) is 1. The maximum atomic E-state index is 12.7. The van der Waals surface area contributed by atoms with Gasteiger partial charge in [-0.1, -0.05) is 12.8 Å². The van der Waals surface area contributed by atoms with Crippen LogP contribution in [0.3, 0.4) is 0 Å². The summed E-state index contributed by atoms with van der Waals surface area (Å²) in [5, 5.41) is 12.5. The third-order valence-electron chi connectivity index (χ3n) is 5.90. The lowest BCUT2D eigenvalue weighted by Crippen LogP contribution is -2.43. The SMILES string of the molecule is COC[C@H](O)CNC(=O)c1cc(OC)ccc1OC1CCN(C2CCCC2)CC1. The van der Waals surface area contributed by atoms with Gasteiger partial charge in [0.05, 0.1) is 25.4 Å². The van der Waals surface area contributed by atoms with E-state index in [1.54, 1.807) is 25.3 Å². The number of hydrogen-bond acceptors (Lipinski definition) is 6. The predicted molar refractivity (Wildman–Crippen MR) is 111 cm³/mol. The summed E-state index contributed by atoms with van der Waals surface area (Å²) in [5.74, 6) is 0.859. The highest BCUT2D eigenvalue weighted by Gasteiger charge is 2.28. The highest BCUT2D eigenvalue weighted by molar-refractivity contribution is 5.97. The van der Waals surface area contributed by atoms with Gasteiger partial charge in [0, 0.05) is 32.8 Å². The number of benzene rings is 1. The third-order valence-corrected chi connectivity index (χ3v) is 5.90. The van der Waals surface area contributed by atoms with Gasteiger partial charge in [-0.2, -0.15) is 0 Å². The smallest absolute Gasteiger partial charge is 0.255 e. The first kappa shape index (κ1) is 21.9. The molecule has 2 N–H and O–H groups in total. The Morgan fingerprint density at radius 2 is 1.93 bits per heavy atom. The average molecular weight is 407 g/mol. The number of piperidine rings is 1. The second kappa shape index (κ2) is 10.8. The van der Waals surface area contributed by atoms with Gasteiger partial charge in [-0.25, -0.2) is 0 Å². The van der Waals surface area contributed by atoms with Crippen LogP contribution in [-0.4, -0.2) is 74.6 Å². The molecule has 1 amide bonds. The zero-order valence-electron chi connectivity index (χ0n) is 17.6. The van der Waals surface area contributed by atoms with Crippen LogP contribution in [0.1, 0.15) is 48.9 Å². The van der Waals surface area contributed by atoms with Gasteiger partial charge in [-0.05, 0) is 43.9 Å². The number of rotatable bonds is 9. The number of ether oxygens (including phenoxy) is 3. The molecular formula is C22H34N2O5. The quantitative estimate of drug-likeness (QED) is 0.655. The van der Waals surface area contributed by atoms with Crippen LogP contribution in [-0.2, 0) is 4.74 Å². The van der Waals surface area contributed by atoms with Crippen LogP contribution in [0.4, 0.5) is 0 Å². The lowest BCUT2D eigenvalue weighted by molar-refractivity contribution is 0.0603.